The van der Waals surface area contributed by atoms with Gasteiger partial charge in [0.15, 0.2) is 0 Å². The summed E-state index contributed by atoms with van der Waals surface area (Å²) in [7, 11) is 2.03. The van der Waals surface area contributed by atoms with Crippen LogP contribution in [0.5, 0.6) is 0 Å². The van der Waals surface area contributed by atoms with Gasteiger partial charge >= 0.3 is 0 Å². The van der Waals surface area contributed by atoms with E-state index >= 15 is 0 Å². The van der Waals surface area contributed by atoms with Gasteiger partial charge in [0.1, 0.15) is 0 Å². The molecule has 0 aliphatic heterocycles. The average molecular weight is 219 g/mol. The molecule has 0 saturated heterocycles. The number of hydrogen-bond acceptors (Lipinski definition) is 1. The van der Waals surface area contributed by atoms with Crippen molar-refractivity contribution >= 4 is 0 Å². The van der Waals surface area contributed by atoms with E-state index in [1.54, 1.807) is 5.56 Å². The van der Waals surface area contributed by atoms with E-state index in [4.69, 9.17) is 0 Å². The summed E-state index contributed by atoms with van der Waals surface area (Å²) in [5, 5.41) is 3.29. The van der Waals surface area contributed by atoms with Gasteiger partial charge in [0.2, 0.25) is 0 Å². The molecule has 0 heterocycles. The third-order valence-corrected chi connectivity index (χ3v) is 3.40. The average Bonchev–Trinajstić information content (AvgIpc) is 2.21. The zero-order chi connectivity index (χ0) is 12.1. The molecule has 1 nitrogen and oxygen atoms in total. The molecule has 1 aromatic rings. The minimum Gasteiger partial charge on any atom is -0.317 e. The van der Waals surface area contributed by atoms with Gasteiger partial charge in [-0.25, -0.2) is 0 Å². The molecule has 90 valence electrons. The van der Waals surface area contributed by atoms with Crippen molar-refractivity contribution in [2.45, 2.75) is 53.0 Å². The number of rotatable bonds is 5. The van der Waals surface area contributed by atoms with E-state index in [2.05, 4.69) is 45.1 Å². The van der Waals surface area contributed by atoms with Crippen LogP contribution >= 0.6 is 0 Å². The van der Waals surface area contributed by atoms with Crippen LogP contribution in [-0.4, -0.2) is 13.1 Å². The molecular weight excluding hydrogens is 194 g/mol. The molecule has 0 fully saturated rings. The maximum absolute atomic E-state index is 3.29. The van der Waals surface area contributed by atoms with Crippen molar-refractivity contribution in [1.29, 1.82) is 0 Å². The topological polar surface area (TPSA) is 12.0 Å². The molecular formula is C15H25N. The second-order valence-corrected chi connectivity index (χ2v) is 4.96. The number of aryl methyl sites for hydroxylation is 3. The van der Waals surface area contributed by atoms with E-state index in [0.29, 0.717) is 6.04 Å². The molecule has 0 bridgehead atoms. The van der Waals surface area contributed by atoms with Crippen LogP contribution in [0, 0.1) is 20.8 Å². The van der Waals surface area contributed by atoms with Crippen LogP contribution in [0.1, 0.15) is 42.0 Å². The normalized spacial score (nSPS) is 12.8. The first-order valence-electron chi connectivity index (χ1n) is 6.28. The Bertz CT molecular complexity index is 318. The SMILES string of the molecule is CNC(C)CCCc1c(C)cc(C)cc1C. The molecule has 0 spiro atoms. The number of benzene rings is 1. The molecule has 0 aliphatic rings. The van der Waals surface area contributed by atoms with Gasteiger partial charge in [0.05, 0.1) is 0 Å². The molecule has 16 heavy (non-hydrogen) atoms. The van der Waals surface area contributed by atoms with Gasteiger partial charge < -0.3 is 5.32 Å². The first-order chi connectivity index (χ1) is 7.54. The summed E-state index contributed by atoms with van der Waals surface area (Å²) in [6.45, 7) is 8.88. The highest BCUT2D eigenvalue weighted by Gasteiger charge is 2.05. The molecule has 0 amide bonds. The lowest BCUT2D eigenvalue weighted by molar-refractivity contribution is 0.541. The fraction of sp³-hybridized carbons (Fsp3) is 0.600. The summed E-state index contributed by atoms with van der Waals surface area (Å²) in [5.74, 6) is 0. The molecule has 1 unspecified atom stereocenters. The maximum atomic E-state index is 3.29. The predicted octanol–water partition coefficient (Wildman–Crippen LogP) is 3.54. The Morgan fingerprint density at radius 2 is 1.69 bits per heavy atom. The molecule has 0 aromatic heterocycles. The van der Waals surface area contributed by atoms with Gasteiger partial charge in [-0.2, -0.15) is 0 Å². The number of nitrogens with one attached hydrogen (secondary N) is 1. The van der Waals surface area contributed by atoms with Crippen LogP contribution in [0.2, 0.25) is 0 Å². The van der Waals surface area contributed by atoms with Crippen molar-refractivity contribution in [3.05, 3.63) is 34.4 Å². The van der Waals surface area contributed by atoms with Crippen LogP contribution in [0.3, 0.4) is 0 Å². The molecule has 0 aliphatic carbocycles. The lowest BCUT2D eigenvalue weighted by Crippen LogP contribution is -2.20. The monoisotopic (exact) mass is 219 g/mol. The zero-order valence-corrected chi connectivity index (χ0v) is 11.4. The van der Waals surface area contributed by atoms with E-state index in [9.17, 15) is 0 Å². The lowest BCUT2D eigenvalue weighted by atomic mass is 9.95. The molecule has 1 heteroatoms. The summed E-state index contributed by atoms with van der Waals surface area (Å²) in [4.78, 5) is 0. The van der Waals surface area contributed by atoms with Crippen LogP contribution in [-0.2, 0) is 6.42 Å². The second kappa shape index (κ2) is 6.05. The van der Waals surface area contributed by atoms with Crippen LogP contribution in [0.4, 0.5) is 0 Å². The molecule has 1 aromatic carbocycles. The fourth-order valence-corrected chi connectivity index (χ4v) is 2.33. The summed E-state index contributed by atoms with van der Waals surface area (Å²) >= 11 is 0. The van der Waals surface area contributed by atoms with Crippen molar-refractivity contribution in [3.63, 3.8) is 0 Å². The van der Waals surface area contributed by atoms with Crippen LogP contribution in [0.15, 0.2) is 12.1 Å². The third-order valence-electron chi connectivity index (χ3n) is 3.40. The Hall–Kier alpha value is -0.820. The van der Waals surface area contributed by atoms with Crippen molar-refractivity contribution < 1.29 is 0 Å². The Morgan fingerprint density at radius 3 is 2.19 bits per heavy atom. The highest BCUT2D eigenvalue weighted by molar-refractivity contribution is 5.37. The molecule has 0 radical (unpaired) electrons. The van der Waals surface area contributed by atoms with E-state index in [1.165, 1.54) is 36.0 Å². The van der Waals surface area contributed by atoms with Crippen molar-refractivity contribution in [2.24, 2.45) is 0 Å². The van der Waals surface area contributed by atoms with Gasteiger partial charge in [-0.05, 0) is 70.7 Å². The highest BCUT2D eigenvalue weighted by Crippen LogP contribution is 2.18. The van der Waals surface area contributed by atoms with Crippen molar-refractivity contribution in [3.8, 4) is 0 Å². The first-order valence-corrected chi connectivity index (χ1v) is 6.28. The summed E-state index contributed by atoms with van der Waals surface area (Å²) < 4.78 is 0. The first kappa shape index (κ1) is 13.2. The van der Waals surface area contributed by atoms with Gasteiger partial charge in [-0.3, -0.25) is 0 Å². The van der Waals surface area contributed by atoms with Crippen LogP contribution < -0.4 is 5.32 Å². The van der Waals surface area contributed by atoms with E-state index < -0.39 is 0 Å². The lowest BCUT2D eigenvalue weighted by Gasteiger charge is -2.13. The maximum Gasteiger partial charge on any atom is 0.00358 e. The van der Waals surface area contributed by atoms with Gasteiger partial charge in [0, 0.05) is 6.04 Å². The van der Waals surface area contributed by atoms with E-state index in [0.717, 1.165) is 0 Å². The van der Waals surface area contributed by atoms with E-state index in [1.807, 2.05) is 7.05 Å². The summed E-state index contributed by atoms with van der Waals surface area (Å²) in [5.41, 5.74) is 5.83. The quantitative estimate of drug-likeness (QED) is 0.798. The summed E-state index contributed by atoms with van der Waals surface area (Å²) in [6.07, 6.45) is 3.74. The molecule has 0 saturated carbocycles. The van der Waals surface area contributed by atoms with Crippen LogP contribution in [0.25, 0.3) is 0 Å². The summed E-state index contributed by atoms with van der Waals surface area (Å²) in [6, 6.07) is 5.22. The minimum absolute atomic E-state index is 0.631. The highest BCUT2D eigenvalue weighted by atomic mass is 14.8. The Balaban J connectivity index is 2.60. The molecule has 1 N–H and O–H groups in total. The van der Waals surface area contributed by atoms with Crippen molar-refractivity contribution in [2.75, 3.05) is 7.05 Å². The smallest absolute Gasteiger partial charge is 0.00358 e. The number of hydrogen-bond donors (Lipinski definition) is 1. The van der Waals surface area contributed by atoms with E-state index in [-0.39, 0.29) is 0 Å². The molecule has 1 rings (SSSR count). The zero-order valence-electron chi connectivity index (χ0n) is 11.4. The fourth-order valence-electron chi connectivity index (χ4n) is 2.33. The van der Waals surface area contributed by atoms with Gasteiger partial charge in [0.25, 0.3) is 0 Å². The minimum atomic E-state index is 0.631. The van der Waals surface area contributed by atoms with Gasteiger partial charge in [-0.15, -0.1) is 0 Å². The Morgan fingerprint density at radius 1 is 1.12 bits per heavy atom. The van der Waals surface area contributed by atoms with Gasteiger partial charge in [-0.1, -0.05) is 17.7 Å². The van der Waals surface area contributed by atoms with Crippen molar-refractivity contribution in [1.82, 2.24) is 5.32 Å². The second-order valence-electron chi connectivity index (χ2n) is 4.96. The largest absolute Gasteiger partial charge is 0.317 e. The predicted molar refractivity (Wildman–Crippen MR) is 72.1 cm³/mol. The molecule has 1 atom stereocenters. The Kier molecular flexibility index (Phi) is 5.01. The Labute approximate surface area is 100 Å². The standard InChI is InChI=1S/C15H25N/c1-11-9-12(2)15(13(3)10-11)8-6-7-14(4)16-5/h9-10,14,16H,6-8H2,1-5H3. The third kappa shape index (κ3) is 3.64.